The lowest BCUT2D eigenvalue weighted by Crippen LogP contribution is -2.63. The number of likely N-dealkylation sites (N-methyl/N-ethyl adjacent to an activating group) is 1. The summed E-state index contributed by atoms with van der Waals surface area (Å²) in [6.07, 6.45) is -1.50. The number of benzene rings is 2. The van der Waals surface area contributed by atoms with E-state index in [0.29, 0.717) is 30.5 Å². The van der Waals surface area contributed by atoms with Gasteiger partial charge in [0.25, 0.3) is 0 Å². The summed E-state index contributed by atoms with van der Waals surface area (Å²) in [6, 6.07) is 7.80. The van der Waals surface area contributed by atoms with Gasteiger partial charge in [-0.25, -0.2) is 4.39 Å². The van der Waals surface area contributed by atoms with Crippen molar-refractivity contribution in [2.24, 2.45) is 0 Å². The Bertz CT molecular complexity index is 1320. The van der Waals surface area contributed by atoms with E-state index in [-0.39, 0.29) is 56.6 Å². The molecule has 3 amide bonds. The van der Waals surface area contributed by atoms with Gasteiger partial charge < -0.3 is 25.6 Å². The Morgan fingerprint density at radius 1 is 1.02 bits per heavy atom. The smallest absolute Gasteiger partial charge is 0.358 e. The highest BCUT2D eigenvalue weighted by Crippen LogP contribution is 2.29. The summed E-state index contributed by atoms with van der Waals surface area (Å²) < 4.78 is 52.8. The highest BCUT2D eigenvalue weighted by atomic mass is 19.4. The van der Waals surface area contributed by atoms with Crippen LogP contribution in [0.3, 0.4) is 0 Å². The molecule has 3 unspecified atom stereocenters. The minimum absolute atomic E-state index is 0.132. The standard InChI is InChI=1S/C32H39F4N5O4/c1-37-30(44)28(19-22-6-10-23(11-7-22)32(34,35)36)40-15-16-41(25(20-40)4-3-17-42)31(45)27(18-21-8-12-24(33)13-9-21)39-29(43)26-5-2-14-38-26/h6-13,17,25-28,38H,2-5,14-16,18-20H2,1H3,(H,37,44)(H,39,43)/t25-,26?,27?,28?/m0/s1. The molecule has 45 heavy (non-hydrogen) atoms. The van der Waals surface area contributed by atoms with E-state index >= 15 is 0 Å². The van der Waals surface area contributed by atoms with Crippen molar-refractivity contribution in [3.8, 4) is 0 Å². The van der Waals surface area contributed by atoms with E-state index < -0.39 is 41.7 Å². The topological polar surface area (TPSA) is 111 Å². The number of aldehydes is 1. The van der Waals surface area contributed by atoms with Crippen LogP contribution in [0.2, 0.25) is 0 Å². The Balaban J connectivity index is 1.54. The molecule has 2 aliphatic rings. The Kier molecular flexibility index (Phi) is 11.7. The van der Waals surface area contributed by atoms with Crippen molar-refractivity contribution in [3.05, 3.63) is 71.0 Å². The van der Waals surface area contributed by atoms with Crippen molar-refractivity contribution < 1.29 is 36.7 Å². The lowest BCUT2D eigenvalue weighted by atomic mass is 9.97. The first-order valence-corrected chi connectivity index (χ1v) is 15.1. The van der Waals surface area contributed by atoms with Gasteiger partial charge in [-0.05, 0) is 67.6 Å². The maximum atomic E-state index is 14.1. The van der Waals surface area contributed by atoms with Crippen LogP contribution in [0.25, 0.3) is 0 Å². The average molecular weight is 634 g/mol. The first-order valence-electron chi connectivity index (χ1n) is 15.1. The molecule has 0 saturated carbocycles. The SMILES string of the molecule is CNC(=O)C(Cc1ccc(C(F)(F)F)cc1)N1CCN(C(=O)C(Cc2ccc(F)cc2)NC(=O)C2CCCN2)[C@@H](CCC=O)C1. The molecule has 2 saturated heterocycles. The van der Waals surface area contributed by atoms with Crippen LogP contribution < -0.4 is 16.0 Å². The molecule has 244 valence electrons. The van der Waals surface area contributed by atoms with E-state index in [1.54, 1.807) is 17.0 Å². The van der Waals surface area contributed by atoms with Crippen LogP contribution in [0.1, 0.15) is 42.4 Å². The third kappa shape index (κ3) is 9.10. The molecule has 13 heteroatoms. The summed E-state index contributed by atoms with van der Waals surface area (Å²) in [6.45, 7) is 1.41. The van der Waals surface area contributed by atoms with Gasteiger partial charge in [0.05, 0.1) is 17.6 Å². The Labute approximate surface area is 259 Å². The van der Waals surface area contributed by atoms with Gasteiger partial charge in [-0.1, -0.05) is 24.3 Å². The molecule has 2 heterocycles. The number of rotatable bonds is 12. The van der Waals surface area contributed by atoms with E-state index in [1.807, 2.05) is 4.90 Å². The Hall–Kier alpha value is -3.84. The first kappa shape index (κ1) is 34.0. The molecule has 2 aromatic carbocycles. The predicted octanol–water partition coefficient (Wildman–Crippen LogP) is 2.47. The molecule has 0 radical (unpaired) electrons. The molecule has 2 aliphatic heterocycles. The van der Waals surface area contributed by atoms with E-state index in [0.717, 1.165) is 24.8 Å². The van der Waals surface area contributed by atoms with Crippen LogP contribution in [0.4, 0.5) is 17.6 Å². The number of hydrogen-bond acceptors (Lipinski definition) is 6. The number of halogens is 4. The van der Waals surface area contributed by atoms with Crippen molar-refractivity contribution in [3.63, 3.8) is 0 Å². The van der Waals surface area contributed by atoms with E-state index in [1.165, 1.54) is 31.3 Å². The number of alkyl halides is 3. The quantitative estimate of drug-likeness (QED) is 0.245. The second-order valence-corrected chi connectivity index (χ2v) is 11.5. The fraction of sp³-hybridized carbons (Fsp3) is 0.500. The largest absolute Gasteiger partial charge is 0.416 e. The average Bonchev–Trinajstić information content (AvgIpc) is 3.58. The molecular weight excluding hydrogens is 594 g/mol. The second kappa shape index (κ2) is 15.4. The lowest BCUT2D eigenvalue weighted by Gasteiger charge is -2.45. The summed E-state index contributed by atoms with van der Waals surface area (Å²) in [5.74, 6) is -1.39. The molecule has 2 fully saturated rings. The van der Waals surface area contributed by atoms with Crippen molar-refractivity contribution in [2.45, 2.75) is 68.9 Å². The third-order valence-electron chi connectivity index (χ3n) is 8.46. The number of hydrogen-bond donors (Lipinski definition) is 3. The second-order valence-electron chi connectivity index (χ2n) is 11.5. The summed E-state index contributed by atoms with van der Waals surface area (Å²) >= 11 is 0. The monoisotopic (exact) mass is 633 g/mol. The van der Waals surface area contributed by atoms with Gasteiger partial charge in [-0.15, -0.1) is 0 Å². The molecule has 0 bridgehead atoms. The fourth-order valence-electron chi connectivity index (χ4n) is 6.00. The highest BCUT2D eigenvalue weighted by molar-refractivity contribution is 5.90. The summed E-state index contributed by atoms with van der Waals surface area (Å²) in [4.78, 5) is 55.1. The van der Waals surface area contributed by atoms with E-state index in [2.05, 4.69) is 16.0 Å². The van der Waals surface area contributed by atoms with Crippen LogP contribution in [0, 0.1) is 5.82 Å². The van der Waals surface area contributed by atoms with Gasteiger partial charge in [0.1, 0.15) is 18.1 Å². The van der Waals surface area contributed by atoms with Crippen LogP contribution in [0.15, 0.2) is 48.5 Å². The van der Waals surface area contributed by atoms with Crippen LogP contribution in [-0.2, 0) is 38.2 Å². The van der Waals surface area contributed by atoms with Crippen molar-refractivity contribution in [1.82, 2.24) is 25.8 Å². The normalized spacial score (nSPS) is 20.3. The van der Waals surface area contributed by atoms with Crippen molar-refractivity contribution in [1.29, 1.82) is 0 Å². The number of piperazine rings is 1. The predicted molar refractivity (Wildman–Crippen MR) is 158 cm³/mol. The molecule has 4 atom stereocenters. The molecule has 3 N–H and O–H groups in total. The van der Waals surface area contributed by atoms with E-state index in [4.69, 9.17) is 0 Å². The number of carbonyl (C=O) groups excluding carboxylic acids is 4. The lowest BCUT2D eigenvalue weighted by molar-refractivity contribution is -0.143. The van der Waals surface area contributed by atoms with Gasteiger partial charge in [-0.3, -0.25) is 19.3 Å². The number of carbonyl (C=O) groups is 4. The fourth-order valence-corrected chi connectivity index (χ4v) is 6.00. The zero-order valence-electron chi connectivity index (χ0n) is 25.1. The first-order chi connectivity index (χ1) is 21.5. The zero-order valence-corrected chi connectivity index (χ0v) is 25.1. The van der Waals surface area contributed by atoms with E-state index in [9.17, 15) is 36.7 Å². The van der Waals surface area contributed by atoms with Gasteiger partial charge in [0, 0.05) is 45.6 Å². The molecule has 0 aliphatic carbocycles. The van der Waals surface area contributed by atoms with Crippen LogP contribution in [-0.4, -0.2) is 91.2 Å². The summed E-state index contributed by atoms with van der Waals surface area (Å²) in [7, 11) is 1.48. The molecule has 4 rings (SSSR count). The maximum Gasteiger partial charge on any atom is 0.416 e. The Morgan fingerprint density at radius 2 is 1.69 bits per heavy atom. The molecule has 0 spiro atoms. The highest BCUT2D eigenvalue weighted by Gasteiger charge is 2.39. The third-order valence-corrected chi connectivity index (χ3v) is 8.46. The van der Waals surface area contributed by atoms with Gasteiger partial charge >= 0.3 is 6.18 Å². The molecule has 0 aromatic heterocycles. The number of nitrogens with one attached hydrogen (secondary N) is 3. The van der Waals surface area contributed by atoms with Gasteiger partial charge in [-0.2, -0.15) is 13.2 Å². The molecular formula is C32H39F4N5O4. The number of nitrogens with zero attached hydrogens (tertiary/aromatic N) is 2. The molecule has 2 aromatic rings. The van der Waals surface area contributed by atoms with Crippen LogP contribution >= 0.6 is 0 Å². The van der Waals surface area contributed by atoms with Crippen molar-refractivity contribution in [2.75, 3.05) is 33.2 Å². The van der Waals surface area contributed by atoms with Gasteiger partial charge in [0.2, 0.25) is 17.7 Å². The van der Waals surface area contributed by atoms with Crippen molar-refractivity contribution >= 4 is 24.0 Å². The van der Waals surface area contributed by atoms with Crippen LogP contribution in [0.5, 0.6) is 0 Å². The zero-order chi connectivity index (χ0) is 32.6. The molecule has 9 nitrogen and oxygen atoms in total. The maximum absolute atomic E-state index is 14.1. The Morgan fingerprint density at radius 3 is 2.29 bits per heavy atom. The minimum atomic E-state index is -4.48. The van der Waals surface area contributed by atoms with Gasteiger partial charge in [0.15, 0.2) is 0 Å². The summed E-state index contributed by atoms with van der Waals surface area (Å²) in [5.41, 5.74) is 0.422. The summed E-state index contributed by atoms with van der Waals surface area (Å²) in [5, 5.41) is 8.65. The number of amides is 3. The minimum Gasteiger partial charge on any atom is -0.358 e.